The lowest BCUT2D eigenvalue weighted by Crippen LogP contribution is -2.35. The van der Waals surface area contributed by atoms with E-state index in [0.717, 1.165) is 29.3 Å². The molecule has 0 bridgehead atoms. The molecule has 3 nitrogen and oxygen atoms in total. The number of fused-ring (bicyclic) bond motifs is 1. The maximum Gasteiger partial charge on any atom is 0.271 e. The van der Waals surface area contributed by atoms with Crippen LogP contribution in [-0.2, 0) is 5.75 Å². The number of nitrogens with one attached hydrogen (secondary N) is 1. The Bertz CT molecular complexity index is 859. The van der Waals surface area contributed by atoms with E-state index in [1.807, 2.05) is 48.5 Å². The lowest BCUT2D eigenvalue weighted by atomic mass is 9.74. The van der Waals surface area contributed by atoms with Crippen molar-refractivity contribution in [1.29, 1.82) is 0 Å². The van der Waals surface area contributed by atoms with Crippen molar-refractivity contribution in [2.24, 2.45) is 16.9 Å². The standard InChI is InChI=1S/C21H19ClN2OS/c22-17-8-10-18(11-9-17)26-13-14-4-6-15(7-5-14)21(25)24-23-20-12-16-2-1-3-19(16)20/h1,3-11,16,19H,2,12-13H2,(H,24,25)/b23-20-/t16-,19+/m1/s1. The van der Waals surface area contributed by atoms with Crippen LogP contribution in [0.15, 0.2) is 70.7 Å². The summed E-state index contributed by atoms with van der Waals surface area (Å²) in [7, 11) is 0. The molecule has 0 unspecified atom stereocenters. The average molecular weight is 383 g/mol. The Kier molecular flexibility index (Phi) is 5.14. The maximum atomic E-state index is 12.2. The Morgan fingerprint density at radius 1 is 1.15 bits per heavy atom. The molecule has 0 aromatic heterocycles. The third kappa shape index (κ3) is 3.87. The Morgan fingerprint density at radius 2 is 1.92 bits per heavy atom. The number of carbonyl (C=O) groups excluding carboxylic acids is 1. The van der Waals surface area contributed by atoms with Crippen molar-refractivity contribution in [2.75, 3.05) is 0 Å². The molecule has 5 heteroatoms. The summed E-state index contributed by atoms with van der Waals surface area (Å²) in [6.45, 7) is 0. The van der Waals surface area contributed by atoms with Crippen LogP contribution in [0.3, 0.4) is 0 Å². The fourth-order valence-corrected chi connectivity index (χ4v) is 4.28. The van der Waals surface area contributed by atoms with E-state index in [2.05, 4.69) is 22.7 Å². The molecule has 0 heterocycles. The van der Waals surface area contributed by atoms with Gasteiger partial charge in [0.05, 0.1) is 0 Å². The van der Waals surface area contributed by atoms with E-state index in [-0.39, 0.29) is 5.91 Å². The SMILES string of the molecule is O=C(N/N=C1/C[C@H]2CC=C[C@H]12)c1ccc(CSc2ccc(Cl)cc2)cc1. The zero-order chi connectivity index (χ0) is 17.9. The molecule has 26 heavy (non-hydrogen) atoms. The fourth-order valence-electron chi connectivity index (χ4n) is 3.30. The van der Waals surface area contributed by atoms with Crippen LogP contribution >= 0.6 is 23.4 Å². The molecule has 2 aliphatic carbocycles. The Morgan fingerprint density at radius 3 is 2.65 bits per heavy atom. The monoisotopic (exact) mass is 382 g/mol. The number of benzene rings is 2. The minimum atomic E-state index is -0.153. The van der Waals surface area contributed by atoms with Gasteiger partial charge in [-0.15, -0.1) is 11.8 Å². The second-order valence-corrected chi connectivity index (χ2v) is 8.12. The van der Waals surface area contributed by atoms with Gasteiger partial charge in [0, 0.05) is 32.9 Å². The zero-order valence-electron chi connectivity index (χ0n) is 14.2. The van der Waals surface area contributed by atoms with Crippen molar-refractivity contribution in [3.05, 3.63) is 76.8 Å². The molecule has 2 aromatic carbocycles. The first kappa shape index (κ1) is 17.4. The summed E-state index contributed by atoms with van der Waals surface area (Å²) in [6, 6.07) is 15.5. The van der Waals surface area contributed by atoms with Crippen molar-refractivity contribution in [3.63, 3.8) is 0 Å². The summed E-state index contributed by atoms with van der Waals surface area (Å²) in [5, 5.41) is 5.05. The number of hydrazone groups is 1. The van der Waals surface area contributed by atoms with Gasteiger partial charge in [0.25, 0.3) is 5.91 Å². The number of hydrogen-bond acceptors (Lipinski definition) is 3. The van der Waals surface area contributed by atoms with Crippen LogP contribution in [0, 0.1) is 11.8 Å². The third-order valence-corrected chi connectivity index (χ3v) is 6.22. The highest BCUT2D eigenvalue weighted by Gasteiger charge is 2.37. The number of halogens is 1. The average Bonchev–Trinajstić information content (AvgIpc) is 3.02. The molecule has 0 radical (unpaired) electrons. The molecule has 2 atom stereocenters. The predicted octanol–water partition coefficient (Wildman–Crippen LogP) is 5.31. The topological polar surface area (TPSA) is 41.5 Å². The molecule has 0 aliphatic heterocycles. The first-order valence-electron chi connectivity index (χ1n) is 8.70. The summed E-state index contributed by atoms with van der Waals surface area (Å²) in [6.07, 6.45) is 6.55. The second kappa shape index (κ2) is 7.68. The Labute approximate surface area is 162 Å². The highest BCUT2D eigenvalue weighted by atomic mass is 35.5. The van der Waals surface area contributed by atoms with E-state index in [0.29, 0.717) is 17.4 Å². The van der Waals surface area contributed by atoms with Gasteiger partial charge in [0.15, 0.2) is 0 Å². The summed E-state index contributed by atoms with van der Waals surface area (Å²) >= 11 is 7.64. The minimum absolute atomic E-state index is 0.153. The molecule has 2 aliphatic rings. The van der Waals surface area contributed by atoms with Gasteiger partial charge in [-0.2, -0.15) is 5.10 Å². The molecule has 1 amide bonds. The highest BCUT2D eigenvalue weighted by molar-refractivity contribution is 7.98. The van der Waals surface area contributed by atoms with Gasteiger partial charge in [0.2, 0.25) is 0 Å². The molecule has 2 aromatic rings. The van der Waals surface area contributed by atoms with Crippen LogP contribution in [0.25, 0.3) is 0 Å². The Balaban J connectivity index is 1.30. The van der Waals surface area contributed by atoms with Gasteiger partial charge in [-0.1, -0.05) is 35.9 Å². The minimum Gasteiger partial charge on any atom is -0.267 e. The summed E-state index contributed by atoms with van der Waals surface area (Å²) in [5.41, 5.74) is 5.59. The molecule has 1 saturated carbocycles. The van der Waals surface area contributed by atoms with Crippen molar-refractivity contribution >= 4 is 35.0 Å². The smallest absolute Gasteiger partial charge is 0.267 e. The number of thioether (sulfide) groups is 1. The quantitative estimate of drug-likeness (QED) is 0.432. The Hall–Kier alpha value is -2.04. The lowest BCUT2D eigenvalue weighted by Gasteiger charge is -2.31. The number of hydrogen-bond donors (Lipinski definition) is 1. The molecule has 0 spiro atoms. The van der Waals surface area contributed by atoms with Crippen LogP contribution in [0.5, 0.6) is 0 Å². The van der Waals surface area contributed by atoms with Gasteiger partial charge in [-0.25, -0.2) is 5.43 Å². The van der Waals surface area contributed by atoms with Crippen LogP contribution < -0.4 is 5.43 Å². The van der Waals surface area contributed by atoms with Crippen LogP contribution in [0.4, 0.5) is 0 Å². The summed E-state index contributed by atoms with van der Waals surface area (Å²) in [4.78, 5) is 13.4. The first-order chi connectivity index (χ1) is 12.7. The van der Waals surface area contributed by atoms with Gasteiger partial charge < -0.3 is 0 Å². The van der Waals surface area contributed by atoms with Gasteiger partial charge in [0.1, 0.15) is 0 Å². The number of nitrogens with zero attached hydrogens (tertiary/aromatic N) is 1. The summed E-state index contributed by atoms with van der Waals surface area (Å²) in [5.74, 6) is 1.85. The van der Waals surface area contributed by atoms with Crippen molar-refractivity contribution in [2.45, 2.75) is 23.5 Å². The van der Waals surface area contributed by atoms with Gasteiger partial charge >= 0.3 is 0 Å². The van der Waals surface area contributed by atoms with Crippen LogP contribution in [-0.4, -0.2) is 11.6 Å². The largest absolute Gasteiger partial charge is 0.271 e. The zero-order valence-corrected chi connectivity index (χ0v) is 15.8. The first-order valence-corrected chi connectivity index (χ1v) is 10.1. The van der Waals surface area contributed by atoms with Crippen molar-refractivity contribution < 1.29 is 4.79 Å². The number of carbonyl (C=O) groups is 1. The third-order valence-electron chi connectivity index (χ3n) is 4.88. The van der Waals surface area contributed by atoms with E-state index in [4.69, 9.17) is 11.6 Å². The fraction of sp³-hybridized carbons (Fsp3) is 0.238. The molecule has 4 rings (SSSR count). The van der Waals surface area contributed by atoms with Gasteiger partial charge in [-0.3, -0.25) is 4.79 Å². The molecule has 1 N–H and O–H groups in total. The molecule has 0 saturated heterocycles. The maximum absolute atomic E-state index is 12.2. The number of rotatable bonds is 5. The normalized spacial score (nSPS) is 22.1. The second-order valence-electron chi connectivity index (χ2n) is 6.64. The van der Waals surface area contributed by atoms with E-state index < -0.39 is 0 Å². The molecule has 132 valence electrons. The molecular formula is C21H19ClN2OS. The molecule has 1 fully saturated rings. The molecular weight excluding hydrogens is 364 g/mol. The van der Waals surface area contributed by atoms with E-state index in [9.17, 15) is 4.79 Å². The van der Waals surface area contributed by atoms with E-state index in [1.165, 1.54) is 10.5 Å². The number of allylic oxidation sites excluding steroid dienone is 2. The van der Waals surface area contributed by atoms with Crippen LogP contribution in [0.1, 0.15) is 28.8 Å². The van der Waals surface area contributed by atoms with Crippen molar-refractivity contribution in [3.8, 4) is 0 Å². The summed E-state index contributed by atoms with van der Waals surface area (Å²) < 4.78 is 0. The van der Waals surface area contributed by atoms with E-state index in [1.54, 1.807) is 11.8 Å². The van der Waals surface area contributed by atoms with Crippen molar-refractivity contribution in [1.82, 2.24) is 5.43 Å². The lowest BCUT2D eigenvalue weighted by molar-refractivity contribution is 0.0954. The number of amides is 1. The van der Waals surface area contributed by atoms with Gasteiger partial charge in [-0.05, 0) is 60.7 Å². The van der Waals surface area contributed by atoms with E-state index >= 15 is 0 Å². The highest BCUT2D eigenvalue weighted by Crippen LogP contribution is 2.40. The predicted molar refractivity (Wildman–Crippen MR) is 108 cm³/mol. The van der Waals surface area contributed by atoms with Crippen LogP contribution in [0.2, 0.25) is 5.02 Å².